The van der Waals surface area contributed by atoms with Crippen LogP contribution in [0.15, 0.2) is 29.2 Å². The zero-order valence-electron chi connectivity index (χ0n) is 21.8. The van der Waals surface area contributed by atoms with Gasteiger partial charge in [-0.1, -0.05) is 19.9 Å². The van der Waals surface area contributed by atoms with E-state index in [4.69, 9.17) is 9.94 Å². The van der Waals surface area contributed by atoms with E-state index in [1.807, 2.05) is 45.9 Å². The molecule has 10 nitrogen and oxygen atoms in total. The Labute approximate surface area is 218 Å². The summed E-state index contributed by atoms with van der Waals surface area (Å²) in [6.45, 7) is 9.56. The molecule has 0 radical (unpaired) electrons. The number of carbonyl (C=O) groups excluding carboxylic acids is 1. The quantitative estimate of drug-likeness (QED) is 0.428. The molecule has 0 aliphatic carbocycles. The Morgan fingerprint density at radius 2 is 2.03 bits per heavy atom. The molecule has 1 fully saturated rings. The van der Waals surface area contributed by atoms with Gasteiger partial charge in [-0.25, -0.2) is 19.4 Å². The number of rotatable bonds is 5. The van der Waals surface area contributed by atoms with Gasteiger partial charge in [-0.15, -0.1) is 11.3 Å². The van der Waals surface area contributed by atoms with E-state index >= 15 is 0 Å². The molecular formula is C26H30N6O4S. The first-order valence-corrected chi connectivity index (χ1v) is 13.0. The van der Waals surface area contributed by atoms with Crippen molar-refractivity contribution in [1.29, 1.82) is 0 Å². The number of aryl methyl sites for hydroxylation is 2. The van der Waals surface area contributed by atoms with Crippen molar-refractivity contribution in [3.8, 4) is 5.82 Å². The van der Waals surface area contributed by atoms with Crippen molar-refractivity contribution < 1.29 is 14.7 Å². The number of nitrogens with zero attached hydrogens (tertiary/aromatic N) is 6. The minimum Gasteiger partial charge on any atom is -0.386 e. The molecule has 4 aromatic rings. The van der Waals surface area contributed by atoms with Crippen LogP contribution in [0.5, 0.6) is 0 Å². The van der Waals surface area contributed by atoms with Crippen molar-refractivity contribution in [2.24, 2.45) is 7.05 Å². The van der Waals surface area contributed by atoms with Crippen LogP contribution in [0.4, 0.5) is 0 Å². The third kappa shape index (κ3) is 4.36. The number of carbonyl (C=O) groups is 1. The summed E-state index contributed by atoms with van der Waals surface area (Å²) < 4.78 is 3.79. The minimum absolute atomic E-state index is 0.00200. The van der Waals surface area contributed by atoms with Crippen molar-refractivity contribution in [2.75, 3.05) is 13.2 Å². The highest BCUT2D eigenvalue weighted by molar-refractivity contribution is 7.19. The molecule has 0 saturated carbocycles. The normalized spacial score (nSPS) is 17.9. The Bertz CT molecular complexity index is 1570. The summed E-state index contributed by atoms with van der Waals surface area (Å²) in [6, 6.07) is 5.64. The van der Waals surface area contributed by atoms with E-state index in [0.29, 0.717) is 27.9 Å². The Balaban J connectivity index is 1.70. The molecule has 37 heavy (non-hydrogen) atoms. The van der Waals surface area contributed by atoms with E-state index in [9.17, 15) is 14.7 Å². The molecule has 1 aliphatic rings. The SMILES string of the molecule is Cc1nn(-c2ccccn2)c(C)c1Cc1sc2c(C(C)C)nn(C)c(=O)c2c1C(=O)N1C[C@](C)(O)CO1. The van der Waals surface area contributed by atoms with Gasteiger partial charge in [0.25, 0.3) is 11.5 Å². The first kappa shape index (κ1) is 25.2. The predicted molar refractivity (Wildman–Crippen MR) is 140 cm³/mol. The minimum atomic E-state index is -1.16. The standard InChI is InChI=1S/C26H30N6O4S/c1-14(2)22-23-21(24(33)30(6)29-22)20(25(34)31-12-26(5,35)13-36-31)18(37-23)11-17-15(3)28-32(16(17)4)19-9-7-8-10-27-19/h7-10,14,35H,11-13H2,1-6H3/t26-/m0/s1. The molecule has 0 unspecified atom stereocenters. The molecule has 11 heteroatoms. The highest BCUT2D eigenvalue weighted by atomic mass is 32.1. The van der Waals surface area contributed by atoms with Crippen molar-refractivity contribution in [1.82, 2.24) is 29.6 Å². The van der Waals surface area contributed by atoms with E-state index in [0.717, 1.165) is 32.6 Å². The van der Waals surface area contributed by atoms with Gasteiger partial charge in [0.05, 0.1) is 33.6 Å². The lowest BCUT2D eigenvalue weighted by Crippen LogP contribution is -2.35. The Kier molecular flexibility index (Phi) is 6.25. The smallest absolute Gasteiger partial charge is 0.279 e. The highest BCUT2D eigenvalue weighted by Gasteiger charge is 2.39. The number of aliphatic hydroxyl groups is 1. The Morgan fingerprint density at radius 3 is 2.65 bits per heavy atom. The molecule has 4 aromatic heterocycles. The molecule has 1 aliphatic heterocycles. The molecule has 5 rings (SSSR count). The van der Waals surface area contributed by atoms with Crippen molar-refractivity contribution in [3.05, 3.63) is 67.8 Å². The second-order valence-corrected chi connectivity index (χ2v) is 11.2. The summed E-state index contributed by atoms with van der Waals surface area (Å²) in [4.78, 5) is 37.9. The van der Waals surface area contributed by atoms with Crippen LogP contribution >= 0.6 is 11.3 Å². The second-order valence-electron chi connectivity index (χ2n) is 10.1. The lowest BCUT2D eigenvalue weighted by molar-refractivity contribution is -0.0796. The maximum atomic E-state index is 13.9. The third-order valence-corrected chi connectivity index (χ3v) is 7.84. The van der Waals surface area contributed by atoms with Gasteiger partial charge >= 0.3 is 0 Å². The summed E-state index contributed by atoms with van der Waals surface area (Å²) in [5, 5.41) is 21.1. The molecule has 5 heterocycles. The zero-order chi connectivity index (χ0) is 26.6. The summed E-state index contributed by atoms with van der Waals surface area (Å²) in [7, 11) is 1.60. The lowest BCUT2D eigenvalue weighted by atomic mass is 10.0. The molecular weight excluding hydrogens is 492 g/mol. The van der Waals surface area contributed by atoms with Crippen LogP contribution in [0.3, 0.4) is 0 Å². The van der Waals surface area contributed by atoms with Crippen molar-refractivity contribution in [2.45, 2.75) is 52.6 Å². The van der Waals surface area contributed by atoms with Crippen LogP contribution in [0.25, 0.3) is 15.9 Å². The van der Waals surface area contributed by atoms with E-state index in [2.05, 4.69) is 10.1 Å². The van der Waals surface area contributed by atoms with Gasteiger partial charge in [0.1, 0.15) is 12.2 Å². The van der Waals surface area contributed by atoms with Crippen LogP contribution in [0.2, 0.25) is 0 Å². The number of β-amino-alcohol motifs (C(OH)–C–C–N with tert-alkyl or cyclic N) is 1. The molecule has 1 atom stereocenters. The average molecular weight is 523 g/mol. The third-order valence-electron chi connectivity index (χ3n) is 6.63. The number of thiophene rings is 1. The zero-order valence-corrected chi connectivity index (χ0v) is 22.6. The number of hydroxylamine groups is 2. The molecule has 1 N–H and O–H groups in total. The molecule has 0 bridgehead atoms. The van der Waals surface area contributed by atoms with E-state index in [1.54, 1.807) is 24.9 Å². The van der Waals surface area contributed by atoms with E-state index < -0.39 is 11.5 Å². The van der Waals surface area contributed by atoms with Crippen LogP contribution in [0.1, 0.15) is 64.6 Å². The van der Waals surface area contributed by atoms with Crippen LogP contribution < -0.4 is 5.56 Å². The first-order valence-electron chi connectivity index (χ1n) is 12.1. The summed E-state index contributed by atoms with van der Waals surface area (Å²) in [5.41, 5.74) is 2.23. The fourth-order valence-electron chi connectivity index (χ4n) is 4.67. The largest absolute Gasteiger partial charge is 0.386 e. The second kappa shape index (κ2) is 9.16. The maximum Gasteiger partial charge on any atom is 0.279 e. The van der Waals surface area contributed by atoms with Crippen LogP contribution in [0, 0.1) is 13.8 Å². The molecule has 0 aromatic carbocycles. The average Bonchev–Trinajstić information content (AvgIpc) is 3.50. The predicted octanol–water partition coefficient (Wildman–Crippen LogP) is 3.05. The number of hydrogen-bond donors (Lipinski definition) is 1. The number of aromatic nitrogens is 5. The van der Waals surface area contributed by atoms with Crippen molar-refractivity contribution in [3.63, 3.8) is 0 Å². The van der Waals surface area contributed by atoms with Crippen LogP contribution in [-0.2, 0) is 18.3 Å². The fourth-order valence-corrected chi connectivity index (χ4v) is 6.10. The highest BCUT2D eigenvalue weighted by Crippen LogP contribution is 2.37. The van der Waals surface area contributed by atoms with Gasteiger partial charge in [-0.3, -0.25) is 14.4 Å². The van der Waals surface area contributed by atoms with Crippen LogP contribution in [-0.4, -0.2) is 59.4 Å². The molecule has 194 valence electrons. The van der Waals surface area contributed by atoms with Gasteiger partial charge in [-0.05, 0) is 38.8 Å². The topological polar surface area (TPSA) is 115 Å². The van der Waals surface area contributed by atoms with Gasteiger partial charge in [-0.2, -0.15) is 10.2 Å². The monoisotopic (exact) mass is 522 g/mol. The van der Waals surface area contributed by atoms with Gasteiger partial charge in [0, 0.05) is 35.8 Å². The first-order chi connectivity index (χ1) is 17.5. The lowest BCUT2D eigenvalue weighted by Gasteiger charge is -2.17. The van der Waals surface area contributed by atoms with Gasteiger partial charge < -0.3 is 5.11 Å². The van der Waals surface area contributed by atoms with Gasteiger partial charge in [0.2, 0.25) is 0 Å². The number of amides is 1. The summed E-state index contributed by atoms with van der Waals surface area (Å²) in [5.74, 6) is 0.308. The van der Waals surface area contributed by atoms with Crippen molar-refractivity contribution >= 4 is 27.3 Å². The molecule has 1 saturated heterocycles. The summed E-state index contributed by atoms with van der Waals surface area (Å²) in [6.07, 6.45) is 2.12. The summed E-state index contributed by atoms with van der Waals surface area (Å²) >= 11 is 1.41. The van der Waals surface area contributed by atoms with E-state index in [1.165, 1.54) is 16.0 Å². The molecule has 1 amide bonds. The molecule has 0 spiro atoms. The van der Waals surface area contributed by atoms with Gasteiger partial charge in [0.15, 0.2) is 5.82 Å². The Hall–Kier alpha value is -3.41. The van der Waals surface area contributed by atoms with E-state index in [-0.39, 0.29) is 24.6 Å². The maximum absolute atomic E-state index is 13.9. The number of fused-ring (bicyclic) bond motifs is 1. The Morgan fingerprint density at radius 1 is 1.27 bits per heavy atom. The number of pyridine rings is 1. The number of hydrogen-bond acceptors (Lipinski definition) is 8. The fraction of sp³-hybridized carbons (Fsp3) is 0.423.